The van der Waals surface area contributed by atoms with Gasteiger partial charge < -0.3 is 14.9 Å². The largest absolute Gasteiger partial charge is 0.508 e. The fourth-order valence-corrected chi connectivity index (χ4v) is 2.34. The number of hydrogen-bond donors (Lipinski definition) is 2. The zero-order valence-electron chi connectivity index (χ0n) is 13.3. The Morgan fingerprint density at radius 1 is 1.00 bits per heavy atom. The van der Waals surface area contributed by atoms with E-state index in [1.807, 2.05) is 0 Å². The lowest BCUT2D eigenvalue weighted by molar-refractivity contribution is -0.140. The van der Waals surface area contributed by atoms with E-state index in [0.29, 0.717) is 6.07 Å². The molecule has 0 amide bonds. The second kappa shape index (κ2) is 6.94. The summed E-state index contributed by atoms with van der Waals surface area (Å²) in [6, 6.07) is 5.41. The highest BCUT2D eigenvalue weighted by atomic mass is 19.4. The van der Waals surface area contributed by atoms with E-state index in [1.54, 1.807) is 0 Å². The van der Waals surface area contributed by atoms with E-state index in [9.17, 15) is 31.4 Å². The lowest BCUT2D eigenvalue weighted by atomic mass is 10.0. The number of anilines is 1. The molecule has 142 valence electrons. The molecule has 0 aliphatic rings. The molecule has 0 fully saturated rings. The van der Waals surface area contributed by atoms with Crippen LogP contribution in [0.5, 0.6) is 11.5 Å². The molecule has 0 saturated heterocycles. The van der Waals surface area contributed by atoms with Gasteiger partial charge in [-0.1, -0.05) is 6.07 Å². The third-order valence-corrected chi connectivity index (χ3v) is 3.48. The highest BCUT2D eigenvalue weighted by Gasteiger charge is 2.37. The van der Waals surface area contributed by atoms with Crippen LogP contribution in [-0.4, -0.2) is 12.2 Å². The van der Waals surface area contributed by atoms with E-state index in [0.717, 1.165) is 29.3 Å². The van der Waals surface area contributed by atoms with Crippen LogP contribution in [0, 0.1) is 0 Å². The Labute approximate surface area is 144 Å². The summed E-state index contributed by atoms with van der Waals surface area (Å²) in [6.07, 6.45) is -9.60. The first-order valence-corrected chi connectivity index (χ1v) is 7.11. The van der Waals surface area contributed by atoms with Crippen molar-refractivity contribution in [3.63, 3.8) is 0 Å². The van der Waals surface area contributed by atoms with Crippen molar-refractivity contribution in [1.82, 2.24) is 0 Å². The second-order valence-corrected chi connectivity index (χ2v) is 5.38. The monoisotopic (exact) mass is 380 g/mol. The Bertz CT molecular complexity index is 787. The number of nitrogens with two attached hydrogens (primary N) is 1. The van der Waals surface area contributed by atoms with Gasteiger partial charge in [-0.2, -0.15) is 26.3 Å². The molecule has 0 aliphatic carbocycles. The molecule has 0 spiro atoms. The van der Waals surface area contributed by atoms with Crippen molar-refractivity contribution in [2.45, 2.75) is 19.0 Å². The van der Waals surface area contributed by atoms with Gasteiger partial charge in [0.2, 0.25) is 0 Å². The van der Waals surface area contributed by atoms with Crippen LogP contribution < -0.4 is 15.6 Å². The summed E-state index contributed by atoms with van der Waals surface area (Å²) in [5, 5.41) is 10.1. The number of benzene rings is 2. The summed E-state index contributed by atoms with van der Waals surface area (Å²) in [4.78, 5) is 0. The van der Waals surface area contributed by atoms with Crippen molar-refractivity contribution in [2.75, 3.05) is 12.1 Å². The number of rotatable bonds is 4. The van der Waals surface area contributed by atoms with Crippen LogP contribution in [0.2, 0.25) is 0 Å². The van der Waals surface area contributed by atoms with Crippen LogP contribution in [0.25, 0.3) is 0 Å². The summed E-state index contributed by atoms with van der Waals surface area (Å²) < 4.78 is 83.7. The van der Waals surface area contributed by atoms with Gasteiger partial charge in [-0.3, -0.25) is 0 Å². The fraction of sp³-hybridized carbons (Fsp3) is 0.250. The van der Waals surface area contributed by atoms with Crippen molar-refractivity contribution in [2.24, 2.45) is 5.84 Å². The molecule has 0 aromatic heterocycles. The first kappa shape index (κ1) is 19.7. The maximum Gasteiger partial charge on any atom is 0.420 e. The predicted octanol–water partition coefficient (Wildman–Crippen LogP) is 4.32. The van der Waals surface area contributed by atoms with Crippen LogP contribution in [0.4, 0.5) is 32.0 Å². The summed E-state index contributed by atoms with van der Waals surface area (Å²) in [5.74, 6) is 4.15. The van der Waals surface area contributed by atoms with Gasteiger partial charge in [0.25, 0.3) is 0 Å². The van der Waals surface area contributed by atoms with Crippen LogP contribution in [0.15, 0.2) is 36.4 Å². The highest BCUT2D eigenvalue weighted by molar-refractivity contribution is 5.56. The molecular weight excluding hydrogens is 366 g/mol. The normalized spacial score (nSPS) is 12.2. The molecule has 10 heteroatoms. The molecule has 2 rings (SSSR count). The van der Waals surface area contributed by atoms with Crippen molar-refractivity contribution >= 4 is 5.69 Å². The van der Waals surface area contributed by atoms with E-state index in [4.69, 9.17) is 10.6 Å². The zero-order valence-corrected chi connectivity index (χ0v) is 13.3. The second-order valence-electron chi connectivity index (χ2n) is 5.38. The van der Waals surface area contributed by atoms with Gasteiger partial charge in [0, 0.05) is 12.6 Å². The molecule has 0 atom stereocenters. The maximum absolute atomic E-state index is 13.2. The summed E-state index contributed by atoms with van der Waals surface area (Å²) in [7, 11) is 1.29. The average Bonchev–Trinajstić information content (AvgIpc) is 2.51. The van der Waals surface area contributed by atoms with Gasteiger partial charge in [-0.25, -0.2) is 5.84 Å². The van der Waals surface area contributed by atoms with Crippen LogP contribution in [0.1, 0.15) is 16.7 Å². The summed E-state index contributed by atoms with van der Waals surface area (Å²) >= 11 is 0. The minimum Gasteiger partial charge on any atom is -0.508 e. The molecule has 0 unspecified atom stereocenters. The number of hydrogen-bond acceptors (Lipinski definition) is 4. The number of aromatic hydroxyl groups is 1. The summed E-state index contributed by atoms with van der Waals surface area (Å²) in [5.41, 5.74) is -2.83. The van der Waals surface area contributed by atoms with Crippen LogP contribution >= 0.6 is 0 Å². The Hall–Kier alpha value is -2.62. The minimum atomic E-state index is -4.86. The number of hydrazine groups is 1. The molecule has 26 heavy (non-hydrogen) atoms. The number of phenolic OH excluding ortho intramolecular Hbond substituents is 1. The van der Waals surface area contributed by atoms with Gasteiger partial charge in [0.1, 0.15) is 23.7 Å². The van der Waals surface area contributed by atoms with E-state index in [2.05, 4.69) is 0 Å². The maximum atomic E-state index is 13.2. The summed E-state index contributed by atoms with van der Waals surface area (Å²) in [6.45, 7) is -0.805. The van der Waals surface area contributed by atoms with Crippen molar-refractivity contribution in [1.29, 1.82) is 0 Å². The predicted molar refractivity (Wildman–Crippen MR) is 81.5 cm³/mol. The SMILES string of the molecule is CN(N)c1cccc(C(F)(F)F)c1COc1ccc(O)cc1C(F)(F)F. The molecule has 2 aromatic carbocycles. The fourth-order valence-electron chi connectivity index (χ4n) is 2.34. The molecule has 0 bridgehead atoms. The molecule has 0 radical (unpaired) electrons. The molecule has 2 aromatic rings. The third kappa shape index (κ3) is 4.31. The Morgan fingerprint density at radius 3 is 2.15 bits per heavy atom. The minimum absolute atomic E-state index is 0.0489. The number of phenols is 1. The molecule has 4 nitrogen and oxygen atoms in total. The number of ether oxygens (including phenoxy) is 1. The highest BCUT2D eigenvalue weighted by Crippen LogP contribution is 2.40. The topological polar surface area (TPSA) is 58.7 Å². The smallest absolute Gasteiger partial charge is 0.420 e. The van der Waals surface area contributed by atoms with Gasteiger partial charge in [0.05, 0.1) is 11.3 Å². The first-order chi connectivity index (χ1) is 11.9. The van der Waals surface area contributed by atoms with E-state index < -0.39 is 47.1 Å². The molecule has 0 aliphatic heterocycles. The van der Waals surface area contributed by atoms with E-state index in [1.165, 1.54) is 13.1 Å². The standard InChI is InChI=1S/C16H14F6N2O2/c1-24(23)13-4-2-3-11(15(17,18)19)10(13)8-26-14-6-5-9(25)7-12(14)16(20,21)22/h2-7,25H,8,23H2,1H3. The average molecular weight is 380 g/mol. The van der Waals surface area contributed by atoms with E-state index in [-0.39, 0.29) is 5.69 Å². The Kier molecular flexibility index (Phi) is 5.26. The van der Waals surface area contributed by atoms with Gasteiger partial charge in [-0.05, 0) is 30.3 Å². The van der Waals surface area contributed by atoms with Crippen LogP contribution in [-0.2, 0) is 19.0 Å². The van der Waals surface area contributed by atoms with Crippen molar-refractivity contribution < 1.29 is 36.2 Å². The van der Waals surface area contributed by atoms with Crippen molar-refractivity contribution in [3.05, 3.63) is 53.1 Å². The Balaban J connectivity index is 2.45. The Morgan fingerprint density at radius 2 is 1.62 bits per heavy atom. The lowest BCUT2D eigenvalue weighted by Crippen LogP contribution is -2.28. The number of alkyl halides is 6. The quantitative estimate of drug-likeness (QED) is 0.471. The molecule has 0 saturated carbocycles. The van der Waals surface area contributed by atoms with Gasteiger partial charge in [-0.15, -0.1) is 0 Å². The zero-order chi connectivity index (χ0) is 19.7. The van der Waals surface area contributed by atoms with Crippen molar-refractivity contribution in [3.8, 4) is 11.5 Å². The number of halogens is 6. The lowest BCUT2D eigenvalue weighted by Gasteiger charge is -2.22. The number of nitrogens with zero attached hydrogens (tertiary/aromatic N) is 1. The van der Waals surface area contributed by atoms with Gasteiger partial charge in [0.15, 0.2) is 0 Å². The molecule has 0 heterocycles. The third-order valence-electron chi connectivity index (χ3n) is 3.48. The van der Waals surface area contributed by atoms with Crippen LogP contribution in [0.3, 0.4) is 0 Å². The molecule has 3 N–H and O–H groups in total. The van der Waals surface area contributed by atoms with E-state index >= 15 is 0 Å². The molecular formula is C16H14F6N2O2. The first-order valence-electron chi connectivity index (χ1n) is 7.11. The van der Waals surface area contributed by atoms with Gasteiger partial charge >= 0.3 is 12.4 Å².